The van der Waals surface area contributed by atoms with Crippen molar-refractivity contribution in [3.05, 3.63) is 58.6 Å². The number of nitrogens with one attached hydrogen (secondary N) is 3. The Kier molecular flexibility index (Phi) is 7.12. The van der Waals surface area contributed by atoms with Gasteiger partial charge in [-0.1, -0.05) is 25.1 Å². The van der Waals surface area contributed by atoms with Crippen LogP contribution < -0.4 is 15.5 Å². The molecule has 2 amide bonds. The molecule has 0 bridgehead atoms. The number of urea groups is 1. The van der Waals surface area contributed by atoms with Crippen LogP contribution in [0.15, 0.2) is 41.6 Å². The van der Waals surface area contributed by atoms with Gasteiger partial charge in [0.2, 0.25) is 0 Å². The molecule has 1 aromatic carbocycles. The summed E-state index contributed by atoms with van der Waals surface area (Å²) in [6, 6.07) is 9.41. The van der Waals surface area contributed by atoms with Crippen LogP contribution in [0.25, 0.3) is 5.69 Å². The second-order valence-electron chi connectivity index (χ2n) is 7.88. The number of quaternary nitrogens is 1. The Labute approximate surface area is 183 Å². The molecule has 1 aliphatic rings. The molecule has 3 rings (SSSR count). The average molecular weight is 427 g/mol. The van der Waals surface area contributed by atoms with Gasteiger partial charge >= 0.3 is 12.0 Å². The summed E-state index contributed by atoms with van der Waals surface area (Å²) in [5.41, 5.74) is 5.38. The molecule has 1 aliphatic heterocycles. The molecule has 2 heterocycles. The number of para-hydroxylation sites is 1. The van der Waals surface area contributed by atoms with Crippen molar-refractivity contribution in [2.24, 2.45) is 0 Å². The highest BCUT2D eigenvalue weighted by atomic mass is 16.5. The van der Waals surface area contributed by atoms with Gasteiger partial charge in [-0.3, -0.25) is 0 Å². The van der Waals surface area contributed by atoms with Crippen LogP contribution in [-0.2, 0) is 16.1 Å². The zero-order valence-electron chi connectivity index (χ0n) is 18.9. The minimum absolute atomic E-state index is 0.285. The number of carbonyl (C=O) groups excluding carboxylic acids is 2. The van der Waals surface area contributed by atoms with Crippen molar-refractivity contribution in [3.8, 4) is 5.69 Å². The third-order valence-corrected chi connectivity index (χ3v) is 5.55. The van der Waals surface area contributed by atoms with Crippen molar-refractivity contribution in [1.29, 1.82) is 0 Å². The fourth-order valence-electron chi connectivity index (χ4n) is 4.02. The number of benzene rings is 1. The van der Waals surface area contributed by atoms with E-state index in [2.05, 4.69) is 17.6 Å². The lowest BCUT2D eigenvalue weighted by Crippen LogP contribution is -3.08. The summed E-state index contributed by atoms with van der Waals surface area (Å²) in [4.78, 5) is 25.9. The lowest BCUT2D eigenvalue weighted by Gasteiger charge is -2.29. The minimum atomic E-state index is -0.381. The maximum Gasteiger partial charge on any atom is 0.338 e. The molecular weight excluding hydrogens is 394 g/mol. The van der Waals surface area contributed by atoms with Gasteiger partial charge in [-0.15, -0.1) is 0 Å². The van der Waals surface area contributed by atoms with Gasteiger partial charge in [0.1, 0.15) is 13.1 Å². The number of aromatic nitrogens is 2. The Hall–Kier alpha value is -3.13. The third-order valence-electron chi connectivity index (χ3n) is 5.55. The van der Waals surface area contributed by atoms with E-state index in [-0.39, 0.29) is 18.0 Å². The Morgan fingerprint density at radius 1 is 1.19 bits per heavy atom. The molecule has 0 radical (unpaired) electrons. The molecule has 0 spiro atoms. The van der Waals surface area contributed by atoms with Crippen LogP contribution in [-0.4, -0.2) is 48.0 Å². The number of hydrogen-bond donors (Lipinski definition) is 3. The molecule has 0 aliphatic carbocycles. The monoisotopic (exact) mass is 426 g/mol. The van der Waals surface area contributed by atoms with E-state index in [1.165, 1.54) is 0 Å². The van der Waals surface area contributed by atoms with Crippen molar-refractivity contribution >= 4 is 12.0 Å². The predicted octanol–water partition coefficient (Wildman–Crippen LogP) is 1.41. The van der Waals surface area contributed by atoms with Gasteiger partial charge in [-0.05, 0) is 39.3 Å². The van der Waals surface area contributed by atoms with Crippen molar-refractivity contribution < 1.29 is 19.2 Å². The van der Waals surface area contributed by atoms with Crippen molar-refractivity contribution in [1.82, 2.24) is 20.4 Å². The van der Waals surface area contributed by atoms with Gasteiger partial charge in [0.05, 0.1) is 53.6 Å². The van der Waals surface area contributed by atoms with E-state index in [9.17, 15) is 9.59 Å². The van der Waals surface area contributed by atoms with Gasteiger partial charge in [-0.2, -0.15) is 5.10 Å². The van der Waals surface area contributed by atoms with E-state index in [4.69, 9.17) is 9.84 Å². The Morgan fingerprint density at radius 2 is 1.90 bits per heavy atom. The number of carbonyl (C=O) groups is 2. The second kappa shape index (κ2) is 9.78. The van der Waals surface area contributed by atoms with E-state index in [1.54, 1.807) is 6.92 Å². The van der Waals surface area contributed by atoms with E-state index < -0.39 is 0 Å². The van der Waals surface area contributed by atoms with Gasteiger partial charge < -0.3 is 20.3 Å². The van der Waals surface area contributed by atoms with Crippen molar-refractivity contribution in [2.75, 3.05) is 20.2 Å². The summed E-state index contributed by atoms with van der Waals surface area (Å²) in [7, 11) is 2.05. The first-order valence-corrected chi connectivity index (χ1v) is 10.7. The molecule has 2 atom stereocenters. The number of hydrogen-bond acceptors (Lipinski definition) is 4. The molecule has 31 heavy (non-hydrogen) atoms. The maximum atomic E-state index is 12.6. The largest absolute Gasteiger partial charge is 0.463 e. The molecular formula is C23H32N5O3+. The van der Waals surface area contributed by atoms with Crippen LogP contribution in [0.5, 0.6) is 0 Å². The van der Waals surface area contributed by atoms with Crippen LogP contribution in [0, 0.1) is 13.8 Å². The number of rotatable bonds is 8. The minimum Gasteiger partial charge on any atom is -0.463 e. The number of esters is 1. The maximum absolute atomic E-state index is 12.6. The van der Waals surface area contributed by atoms with Gasteiger partial charge in [-0.25, -0.2) is 14.3 Å². The number of amides is 2. The molecule has 0 saturated heterocycles. The molecule has 0 fully saturated rings. The molecule has 3 N–H and O–H groups in total. The standard InChI is InChI=1S/C23H31N5O3/c1-6-19-21(22(29)31-7-2)20(25-23(30)24-19)14-27(5)13-18-15(3)26-28(16(18)4)17-11-9-8-10-12-17/h8-12,19H,6-7,13-14H2,1-5H3,(H2,24,25,30)/p+1/t19-/m0/s1. The Morgan fingerprint density at radius 3 is 2.55 bits per heavy atom. The van der Waals surface area contributed by atoms with E-state index in [0.717, 1.165) is 27.5 Å². The first kappa shape index (κ1) is 22.6. The van der Waals surface area contributed by atoms with E-state index in [1.807, 2.05) is 55.9 Å². The number of nitrogens with zero attached hydrogens (tertiary/aromatic N) is 2. The zero-order chi connectivity index (χ0) is 22.5. The van der Waals surface area contributed by atoms with Crippen LogP contribution in [0.3, 0.4) is 0 Å². The first-order valence-electron chi connectivity index (χ1n) is 10.7. The molecule has 8 nitrogen and oxygen atoms in total. The quantitative estimate of drug-likeness (QED) is 0.557. The number of aryl methyl sites for hydroxylation is 1. The normalized spacial score (nSPS) is 17.2. The Balaban J connectivity index is 1.85. The Bertz CT molecular complexity index is 981. The number of likely N-dealkylation sites (N-methyl/N-ethyl adjacent to an activating group) is 1. The summed E-state index contributed by atoms with van der Waals surface area (Å²) in [5, 5.41) is 10.4. The summed E-state index contributed by atoms with van der Waals surface area (Å²) in [6.07, 6.45) is 0.617. The van der Waals surface area contributed by atoms with Gasteiger partial charge in [0.15, 0.2) is 0 Å². The molecule has 0 saturated carbocycles. The van der Waals surface area contributed by atoms with Crippen molar-refractivity contribution in [3.63, 3.8) is 0 Å². The second-order valence-corrected chi connectivity index (χ2v) is 7.88. The summed E-state index contributed by atoms with van der Waals surface area (Å²) in [6.45, 7) is 9.29. The smallest absolute Gasteiger partial charge is 0.338 e. The topological polar surface area (TPSA) is 89.7 Å². The highest BCUT2D eigenvalue weighted by Gasteiger charge is 2.33. The first-order chi connectivity index (χ1) is 14.8. The summed E-state index contributed by atoms with van der Waals surface area (Å²) >= 11 is 0. The third kappa shape index (κ3) is 4.96. The van der Waals surface area contributed by atoms with Gasteiger partial charge in [0.25, 0.3) is 0 Å². The van der Waals surface area contributed by atoms with Gasteiger partial charge in [0, 0.05) is 0 Å². The summed E-state index contributed by atoms with van der Waals surface area (Å²) in [5.74, 6) is -0.381. The van der Waals surface area contributed by atoms with E-state index in [0.29, 0.717) is 37.4 Å². The van der Waals surface area contributed by atoms with Crippen LogP contribution >= 0.6 is 0 Å². The molecule has 1 unspecified atom stereocenters. The highest BCUT2D eigenvalue weighted by Crippen LogP contribution is 2.18. The summed E-state index contributed by atoms with van der Waals surface area (Å²) < 4.78 is 7.22. The fourth-order valence-corrected chi connectivity index (χ4v) is 4.02. The van der Waals surface area contributed by atoms with Crippen LogP contribution in [0.2, 0.25) is 0 Å². The van der Waals surface area contributed by atoms with E-state index >= 15 is 0 Å². The SMILES string of the molecule is CCOC(=O)C1=C(C[NH+](C)Cc2c(C)nn(-c3ccccc3)c2C)NC(=O)N[C@H]1CC. The average Bonchev–Trinajstić information content (AvgIpc) is 3.02. The number of ether oxygens (including phenoxy) is 1. The molecule has 1 aromatic heterocycles. The lowest BCUT2D eigenvalue weighted by atomic mass is 10.00. The van der Waals surface area contributed by atoms with Crippen LogP contribution in [0.1, 0.15) is 37.2 Å². The lowest BCUT2D eigenvalue weighted by molar-refractivity contribution is -0.889. The molecule has 8 heteroatoms. The zero-order valence-corrected chi connectivity index (χ0v) is 18.9. The highest BCUT2D eigenvalue weighted by molar-refractivity contribution is 5.94. The molecule has 2 aromatic rings. The van der Waals surface area contributed by atoms with Crippen LogP contribution in [0.4, 0.5) is 4.79 Å². The predicted molar refractivity (Wildman–Crippen MR) is 118 cm³/mol. The molecule has 166 valence electrons. The van der Waals surface area contributed by atoms with Crippen molar-refractivity contribution in [2.45, 2.75) is 46.7 Å². The fraction of sp³-hybridized carbons (Fsp3) is 0.435.